The number of piperidine rings is 1. The van der Waals surface area contributed by atoms with E-state index in [4.69, 9.17) is 0 Å². The average molecular weight is 868 g/mol. The molecule has 3 amide bonds. The number of aromatic nitrogens is 4. The third kappa shape index (κ3) is 12.6. The van der Waals surface area contributed by atoms with E-state index in [1.165, 1.54) is 31.2 Å². The second-order valence-electron chi connectivity index (χ2n) is 18.5. The summed E-state index contributed by atoms with van der Waals surface area (Å²) in [5.74, 6) is -0.0487. The SMILES string of the molecule is CCCNNC(=O)c1ccc(C2CCN(CCCCCCCCc3cn([C@H](C(=O)N4C[C@H](O)C[C@H]4C(=O)N[C@@H](C)c4ccc(-c5scnc5C)cc4)C(C)(C)C)nn3)CC2)cc1. The Morgan fingerprint density at radius 1 is 0.952 bits per heavy atom. The molecular formula is C48H69N9O4S. The molecule has 0 spiro atoms. The Balaban J connectivity index is 0.898. The number of carbonyl (C=O) groups is 3. The lowest BCUT2D eigenvalue weighted by Gasteiger charge is -2.34. The predicted octanol–water partition coefficient (Wildman–Crippen LogP) is 7.54. The molecule has 4 N–H and O–H groups in total. The highest BCUT2D eigenvalue weighted by Crippen LogP contribution is 2.35. The van der Waals surface area contributed by atoms with Crippen molar-refractivity contribution in [1.29, 1.82) is 0 Å². The van der Waals surface area contributed by atoms with Crippen molar-refractivity contribution >= 4 is 29.1 Å². The molecule has 336 valence electrons. The van der Waals surface area contributed by atoms with Crippen molar-refractivity contribution in [3.8, 4) is 10.4 Å². The number of amides is 3. The normalized spacial score (nSPS) is 18.5. The van der Waals surface area contributed by atoms with E-state index in [0.29, 0.717) is 11.5 Å². The van der Waals surface area contributed by atoms with Gasteiger partial charge in [0.2, 0.25) is 11.8 Å². The summed E-state index contributed by atoms with van der Waals surface area (Å²) in [6.07, 6.45) is 12.3. The number of thiazole rings is 1. The minimum Gasteiger partial charge on any atom is -0.391 e. The molecule has 2 aliphatic heterocycles. The zero-order chi connectivity index (χ0) is 44.2. The van der Waals surface area contributed by atoms with Crippen molar-refractivity contribution in [3.05, 3.63) is 88.3 Å². The van der Waals surface area contributed by atoms with Crippen molar-refractivity contribution < 1.29 is 19.5 Å². The first kappa shape index (κ1) is 47.0. The number of aliphatic hydroxyl groups is 1. The minimum atomic E-state index is -0.789. The summed E-state index contributed by atoms with van der Waals surface area (Å²) < 4.78 is 1.67. The van der Waals surface area contributed by atoms with Gasteiger partial charge in [0.25, 0.3) is 5.91 Å². The molecule has 0 bridgehead atoms. The highest BCUT2D eigenvalue weighted by Gasteiger charge is 2.45. The number of hydrazine groups is 1. The quantitative estimate of drug-likeness (QED) is 0.0521. The minimum absolute atomic E-state index is 0.0874. The first-order valence-corrected chi connectivity index (χ1v) is 23.8. The van der Waals surface area contributed by atoms with E-state index in [-0.39, 0.29) is 36.7 Å². The average Bonchev–Trinajstić information content (AvgIpc) is 4.01. The number of hydrogen-bond acceptors (Lipinski definition) is 10. The first-order valence-electron chi connectivity index (χ1n) is 22.9. The number of hydrogen-bond donors (Lipinski definition) is 4. The summed E-state index contributed by atoms with van der Waals surface area (Å²) in [5, 5.41) is 22.7. The molecule has 2 fully saturated rings. The largest absolute Gasteiger partial charge is 0.391 e. The fraction of sp³-hybridized carbons (Fsp3) is 0.583. The number of nitrogens with zero attached hydrogens (tertiary/aromatic N) is 6. The van der Waals surface area contributed by atoms with E-state index >= 15 is 0 Å². The first-order chi connectivity index (χ1) is 29.8. The van der Waals surface area contributed by atoms with Gasteiger partial charge in [-0.2, -0.15) is 0 Å². The van der Waals surface area contributed by atoms with Crippen LogP contribution in [0, 0.1) is 12.3 Å². The smallest absolute Gasteiger partial charge is 0.265 e. The van der Waals surface area contributed by atoms with Crippen LogP contribution in [-0.4, -0.2) is 97.5 Å². The van der Waals surface area contributed by atoms with Crippen LogP contribution in [0.5, 0.6) is 0 Å². The molecule has 2 aliphatic rings. The Labute approximate surface area is 372 Å². The van der Waals surface area contributed by atoms with Gasteiger partial charge in [-0.05, 0) is 112 Å². The molecule has 4 aromatic rings. The second kappa shape index (κ2) is 22.2. The van der Waals surface area contributed by atoms with Gasteiger partial charge < -0.3 is 20.2 Å². The zero-order valence-electron chi connectivity index (χ0n) is 37.7. The molecule has 0 unspecified atom stereocenters. The molecule has 2 saturated heterocycles. The van der Waals surface area contributed by atoms with Crippen LogP contribution in [0.25, 0.3) is 10.4 Å². The monoisotopic (exact) mass is 868 g/mol. The molecule has 0 aliphatic carbocycles. The van der Waals surface area contributed by atoms with Gasteiger partial charge >= 0.3 is 0 Å². The van der Waals surface area contributed by atoms with Crippen LogP contribution >= 0.6 is 11.3 Å². The van der Waals surface area contributed by atoms with E-state index in [9.17, 15) is 19.5 Å². The van der Waals surface area contributed by atoms with Crippen molar-refractivity contribution in [2.45, 2.75) is 142 Å². The predicted molar refractivity (Wildman–Crippen MR) is 246 cm³/mol. The Hall–Kier alpha value is -4.50. The standard InChI is InChI=1S/C48H69N9O4S/c1-7-25-50-53-45(59)39-21-17-36(18-22-39)37-23-27-55(28-24-37)26-13-11-9-8-10-12-14-40-30-57(54-52-40)44(48(4,5)6)47(61)56-31-41(58)29-42(56)46(60)51-33(2)35-15-19-38(20-16-35)43-34(3)49-32-62-43/h15-22,30,32-33,37,41-42,44,50,58H,7-14,23-29,31H2,1-6H3,(H,51,60)(H,53,59)/t33-,41+,42-,44+/m0/s1. The van der Waals surface area contributed by atoms with Crippen LogP contribution in [0.2, 0.25) is 0 Å². The van der Waals surface area contributed by atoms with Gasteiger partial charge in [-0.15, -0.1) is 16.4 Å². The Bertz CT molecular complexity index is 2040. The fourth-order valence-corrected chi connectivity index (χ4v) is 9.69. The summed E-state index contributed by atoms with van der Waals surface area (Å²) in [7, 11) is 0. The van der Waals surface area contributed by atoms with E-state index in [0.717, 1.165) is 92.1 Å². The lowest BCUT2D eigenvalue weighted by Crippen LogP contribution is -2.50. The van der Waals surface area contributed by atoms with Gasteiger partial charge in [-0.25, -0.2) is 15.1 Å². The van der Waals surface area contributed by atoms with E-state index in [1.54, 1.807) is 20.9 Å². The highest BCUT2D eigenvalue weighted by molar-refractivity contribution is 7.13. The molecule has 0 saturated carbocycles. The lowest BCUT2D eigenvalue weighted by atomic mass is 9.85. The summed E-state index contributed by atoms with van der Waals surface area (Å²) >= 11 is 1.60. The zero-order valence-corrected chi connectivity index (χ0v) is 38.6. The number of aryl methyl sites for hydroxylation is 2. The highest BCUT2D eigenvalue weighted by atomic mass is 32.1. The topological polar surface area (TPSA) is 158 Å². The Kier molecular flexibility index (Phi) is 16.8. The van der Waals surface area contributed by atoms with Gasteiger partial charge in [0.05, 0.1) is 33.9 Å². The second-order valence-corrected chi connectivity index (χ2v) is 19.3. The molecule has 62 heavy (non-hydrogen) atoms. The number of β-amino-alcohol motifs (C(OH)–C–C–N with tert-alkyl or cyclic N) is 1. The Morgan fingerprint density at radius 2 is 1.65 bits per heavy atom. The van der Waals surface area contributed by atoms with Crippen molar-refractivity contribution in [2.75, 3.05) is 32.7 Å². The van der Waals surface area contributed by atoms with Crippen LogP contribution in [0.1, 0.15) is 150 Å². The molecule has 14 heteroatoms. The van der Waals surface area contributed by atoms with Crippen LogP contribution in [0.4, 0.5) is 0 Å². The van der Waals surface area contributed by atoms with Gasteiger partial charge in [0.1, 0.15) is 12.1 Å². The number of unbranched alkanes of at least 4 members (excludes halogenated alkanes) is 5. The maximum absolute atomic E-state index is 14.3. The summed E-state index contributed by atoms with van der Waals surface area (Å²) in [6.45, 7) is 16.2. The summed E-state index contributed by atoms with van der Waals surface area (Å²) in [4.78, 5) is 50.0. The van der Waals surface area contributed by atoms with E-state index < -0.39 is 23.6 Å². The van der Waals surface area contributed by atoms with Crippen molar-refractivity contribution in [2.24, 2.45) is 5.41 Å². The molecule has 4 heterocycles. The third-order valence-electron chi connectivity index (χ3n) is 12.5. The summed E-state index contributed by atoms with van der Waals surface area (Å²) in [5.41, 5.74) is 12.9. The van der Waals surface area contributed by atoms with Crippen molar-refractivity contribution in [3.63, 3.8) is 0 Å². The fourth-order valence-electron chi connectivity index (χ4n) is 8.88. The molecule has 2 aromatic heterocycles. The number of aliphatic hydroxyl groups excluding tert-OH is 1. The number of likely N-dealkylation sites (tertiary alicyclic amines) is 2. The van der Waals surface area contributed by atoms with Crippen molar-refractivity contribution in [1.82, 2.24) is 45.9 Å². The van der Waals surface area contributed by atoms with E-state index in [2.05, 4.69) is 55.4 Å². The lowest BCUT2D eigenvalue weighted by molar-refractivity contribution is -0.144. The van der Waals surface area contributed by atoms with Gasteiger partial charge in [-0.3, -0.25) is 19.8 Å². The molecular weight excluding hydrogens is 799 g/mol. The maximum atomic E-state index is 14.3. The maximum Gasteiger partial charge on any atom is 0.265 e. The van der Waals surface area contributed by atoms with Crippen LogP contribution in [0.3, 0.4) is 0 Å². The van der Waals surface area contributed by atoms with Crippen LogP contribution in [0.15, 0.2) is 60.2 Å². The van der Waals surface area contributed by atoms with Crippen LogP contribution < -0.4 is 16.2 Å². The molecule has 4 atom stereocenters. The Morgan fingerprint density at radius 3 is 2.31 bits per heavy atom. The van der Waals surface area contributed by atoms with Gasteiger partial charge in [-0.1, -0.05) is 95.0 Å². The number of nitrogens with one attached hydrogen (secondary N) is 3. The van der Waals surface area contributed by atoms with Gasteiger partial charge in [0, 0.05) is 31.3 Å². The molecule has 6 rings (SSSR count). The third-order valence-corrected chi connectivity index (χ3v) is 13.5. The number of carbonyl (C=O) groups excluding carboxylic acids is 3. The number of rotatable bonds is 20. The van der Waals surface area contributed by atoms with E-state index in [1.807, 2.05) is 82.7 Å². The molecule has 2 aromatic carbocycles. The van der Waals surface area contributed by atoms with Gasteiger partial charge in [0.15, 0.2) is 0 Å². The summed E-state index contributed by atoms with van der Waals surface area (Å²) in [6, 6.07) is 14.5. The number of benzene rings is 2. The molecule has 13 nitrogen and oxygen atoms in total. The molecule has 0 radical (unpaired) electrons. The van der Waals surface area contributed by atoms with Crippen LogP contribution in [-0.2, 0) is 16.0 Å².